The molecule has 0 radical (unpaired) electrons. The van der Waals surface area contributed by atoms with Crippen LogP contribution in [0, 0.1) is 10.1 Å². The lowest BCUT2D eigenvalue weighted by molar-refractivity contribution is -0.384. The highest BCUT2D eigenvalue weighted by atomic mass is 16.6. The Hall–Kier alpha value is -3.13. The number of ether oxygens (including phenoxy) is 2. The van der Waals surface area contributed by atoms with E-state index in [0.29, 0.717) is 22.6 Å². The van der Waals surface area contributed by atoms with Crippen LogP contribution >= 0.6 is 0 Å². The van der Waals surface area contributed by atoms with Crippen molar-refractivity contribution in [3.05, 3.63) is 63.7 Å². The second-order valence-electron chi connectivity index (χ2n) is 5.18. The lowest BCUT2D eigenvalue weighted by Crippen LogP contribution is -2.28. The van der Waals surface area contributed by atoms with Gasteiger partial charge in [-0.25, -0.2) is 0 Å². The molecule has 0 heterocycles. The molecular formula is C17H18N2O6. The molecule has 0 unspecified atom stereocenters. The molecule has 0 fully saturated rings. The van der Waals surface area contributed by atoms with E-state index in [-0.39, 0.29) is 12.2 Å². The maximum Gasteiger partial charge on any atom is 0.269 e. The minimum Gasteiger partial charge on any atom is -0.497 e. The van der Waals surface area contributed by atoms with Crippen LogP contribution in [0.15, 0.2) is 42.5 Å². The number of nitrogens with one attached hydrogen (secondary N) is 1. The van der Waals surface area contributed by atoms with Gasteiger partial charge in [0.25, 0.3) is 11.6 Å². The van der Waals surface area contributed by atoms with E-state index < -0.39 is 16.9 Å². The first kappa shape index (κ1) is 18.2. The Kier molecular flexibility index (Phi) is 5.91. The Bertz CT molecular complexity index is 738. The Labute approximate surface area is 144 Å². The standard InChI is InChI=1S/C17H18N2O6/c1-24-14-7-12(8-15(9-14)25-2)17(21)18-10-16(20)11-3-5-13(6-4-11)19(22)23/h3-9,16,20H,10H2,1-2H3,(H,18,21)/t16-/m0/s1. The topological polar surface area (TPSA) is 111 Å². The van der Waals surface area contributed by atoms with Gasteiger partial charge in [-0.15, -0.1) is 0 Å². The zero-order valence-electron chi connectivity index (χ0n) is 13.8. The van der Waals surface area contributed by atoms with Gasteiger partial charge in [0.1, 0.15) is 11.5 Å². The molecule has 0 bridgehead atoms. The molecule has 2 aromatic rings. The summed E-state index contributed by atoms with van der Waals surface area (Å²) in [5.74, 6) is 0.541. The lowest BCUT2D eigenvalue weighted by atomic mass is 10.1. The number of aliphatic hydroxyl groups is 1. The maximum absolute atomic E-state index is 12.2. The van der Waals surface area contributed by atoms with Crippen LogP contribution in [0.4, 0.5) is 5.69 Å². The zero-order chi connectivity index (χ0) is 18.4. The van der Waals surface area contributed by atoms with Crippen LogP contribution < -0.4 is 14.8 Å². The van der Waals surface area contributed by atoms with Gasteiger partial charge in [0.15, 0.2) is 0 Å². The number of non-ortho nitro benzene ring substituents is 1. The van der Waals surface area contributed by atoms with E-state index in [1.807, 2.05) is 0 Å². The van der Waals surface area contributed by atoms with E-state index in [1.165, 1.54) is 38.5 Å². The van der Waals surface area contributed by atoms with Crippen LogP contribution in [0.5, 0.6) is 11.5 Å². The second-order valence-corrected chi connectivity index (χ2v) is 5.18. The highest BCUT2D eigenvalue weighted by molar-refractivity contribution is 5.95. The molecule has 8 heteroatoms. The lowest BCUT2D eigenvalue weighted by Gasteiger charge is -2.13. The minimum atomic E-state index is -0.989. The number of rotatable bonds is 7. The van der Waals surface area contributed by atoms with Gasteiger partial charge in [0.05, 0.1) is 25.2 Å². The van der Waals surface area contributed by atoms with Crippen molar-refractivity contribution in [3.63, 3.8) is 0 Å². The SMILES string of the molecule is COc1cc(OC)cc(C(=O)NC[C@H](O)c2ccc([N+](=O)[O-])cc2)c1. The van der Waals surface area contributed by atoms with Gasteiger partial charge >= 0.3 is 0 Å². The molecule has 1 atom stereocenters. The number of hydrogen-bond acceptors (Lipinski definition) is 6. The quantitative estimate of drug-likeness (QED) is 0.586. The number of carbonyl (C=O) groups excluding carboxylic acids is 1. The number of methoxy groups -OCH3 is 2. The van der Waals surface area contributed by atoms with Crippen molar-refractivity contribution in [1.29, 1.82) is 0 Å². The van der Waals surface area contributed by atoms with Gasteiger partial charge in [0, 0.05) is 30.3 Å². The molecule has 0 aromatic heterocycles. The number of nitro benzene ring substituents is 1. The molecule has 1 amide bonds. The maximum atomic E-state index is 12.2. The van der Waals surface area contributed by atoms with Crippen molar-refractivity contribution in [2.24, 2.45) is 0 Å². The van der Waals surface area contributed by atoms with Crippen molar-refractivity contribution in [3.8, 4) is 11.5 Å². The molecule has 2 rings (SSSR count). The van der Waals surface area contributed by atoms with Gasteiger partial charge < -0.3 is 19.9 Å². The Morgan fingerprint density at radius 1 is 1.16 bits per heavy atom. The fraction of sp³-hybridized carbons (Fsp3) is 0.235. The summed E-state index contributed by atoms with van der Waals surface area (Å²) in [5, 5.41) is 23.3. The zero-order valence-corrected chi connectivity index (χ0v) is 13.8. The smallest absolute Gasteiger partial charge is 0.269 e. The van der Waals surface area contributed by atoms with Crippen LogP contribution in [-0.2, 0) is 0 Å². The number of carbonyl (C=O) groups is 1. The first-order chi connectivity index (χ1) is 11.9. The van der Waals surface area contributed by atoms with Crippen molar-refractivity contribution >= 4 is 11.6 Å². The first-order valence-electron chi connectivity index (χ1n) is 7.38. The van der Waals surface area contributed by atoms with Crippen LogP contribution in [0.2, 0.25) is 0 Å². The molecule has 0 aliphatic heterocycles. The Morgan fingerprint density at radius 2 is 1.72 bits per heavy atom. The third-order valence-corrected chi connectivity index (χ3v) is 3.56. The number of amides is 1. The number of nitrogens with zero attached hydrogens (tertiary/aromatic N) is 1. The first-order valence-corrected chi connectivity index (χ1v) is 7.38. The Morgan fingerprint density at radius 3 is 2.20 bits per heavy atom. The van der Waals surface area contributed by atoms with Crippen molar-refractivity contribution in [2.45, 2.75) is 6.10 Å². The van der Waals surface area contributed by atoms with Gasteiger partial charge in [-0.05, 0) is 29.8 Å². The number of hydrogen-bond donors (Lipinski definition) is 2. The van der Waals surface area contributed by atoms with E-state index in [4.69, 9.17) is 9.47 Å². The summed E-state index contributed by atoms with van der Waals surface area (Å²) in [6.07, 6.45) is -0.989. The van der Waals surface area contributed by atoms with Crippen molar-refractivity contribution in [2.75, 3.05) is 20.8 Å². The summed E-state index contributed by atoms with van der Waals surface area (Å²) < 4.78 is 10.2. The van der Waals surface area contributed by atoms with E-state index >= 15 is 0 Å². The second kappa shape index (κ2) is 8.11. The Balaban J connectivity index is 2.02. The molecule has 0 aliphatic rings. The van der Waals surface area contributed by atoms with E-state index in [0.717, 1.165) is 0 Å². The van der Waals surface area contributed by atoms with Gasteiger partial charge in [-0.2, -0.15) is 0 Å². The summed E-state index contributed by atoms with van der Waals surface area (Å²) in [5.41, 5.74) is 0.727. The molecule has 0 saturated carbocycles. The molecule has 25 heavy (non-hydrogen) atoms. The average molecular weight is 346 g/mol. The number of benzene rings is 2. The minimum absolute atomic E-state index is 0.0455. The third kappa shape index (κ3) is 4.67. The largest absolute Gasteiger partial charge is 0.497 e. The molecule has 2 aromatic carbocycles. The summed E-state index contributed by atoms with van der Waals surface area (Å²) in [4.78, 5) is 22.3. The highest BCUT2D eigenvalue weighted by Crippen LogP contribution is 2.22. The monoisotopic (exact) mass is 346 g/mol. The normalized spacial score (nSPS) is 11.5. The van der Waals surface area contributed by atoms with E-state index in [1.54, 1.807) is 18.2 Å². The number of aliphatic hydroxyl groups excluding tert-OH is 1. The molecular weight excluding hydrogens is 328 g/mol. The van der Waals surface area contributed by atoms with Gasteiger partial charge in [0.2, 0.25) is 0 Å². The predicted molar refractivity (Wildman–Crippen MR) is 89.9 cm³/mol. The van der Waals surface area contributed by atoms with Crippen LogP contribution in [0.3, 0.4) is 0 Å². The van der Waals surface area contributed by atoms with Crippen LogP contribution in [-0.4, -0.2) is 36.7 Å². The molecule has 132 valence electrons. The van der Waals surface area contributed by atoms with Crippen LogP contribution in [0.1, 0.15) is 22.0 Å². The van der Waals surface area contributed by atoms with Gasteiger partial charge in [-0.3, -0.25) is 14.9 Å². The summed E-state index contributed by atoms with van der Waals surface area (Å²) >= 11 is 0. The predicted octanol–water partition coefficient (Wildman–Crippen LogP) is 2.08. The molecule has 0 saturated heterocycles. The fourth-order valence-corrected chi connectivity index (χ4v) is 2.17. The molecule has 2 N–H and O–H groups in total. The third-order valence-electron chi connectivity index (χ3n) is 3.56. The molecule has 8 nitrogen and oxygen atoms in total. The summed E-state index contributed by atoms with van der Waals surface area (Å²) in [6, 6.07) is 10.2. The average Bonchev–Trinajstić information content (AvgIpc) is 2.65. The fourth-order valence-electron chi connectivity index (χ4n) is 2.17. The molecule has 0 aliphatic carbocycles. The summed E-state index contributed by atoms with van der Waals surface area (Å²) in [7, 11) is 2.96. The van der Waals surface area contributed by atoms with Crippen molar-refractivity contribution in [1.82, 2.24) is 5.32 Å². The number of nitro groups is 1. The van der Waals surface area contributed by atoms with Crippen molar-refractivity contribution < 1.29 is 24.3 Å². The van der Waals surface area contributed by atoms with E-state index in [2.05, 4.69) is 5.32 Å². The molecule has 0 spiro atoms. The van der Waals surface area contributed by atoms with E-state index in [9.17, 15) is 20.0 Å². The summed E-state index contributed by atoms with van der Waals surface area (Å²) in [6.45, 7) is -0.0455. The van der Waals surface area contributed by atoms with Gasteiger partial charge in [-0.1, -0.05) is 0 Å². The van der Waals surface area contributed by atoms with Crippen LogP contribution in [0.25, 0.3) is 0 Å². The highest BCUT2D eigenvalue weighted by Gasteiger charge is 2.14.